The molecule has 1 saturated carbocycles. The van der Waals surface area contributed by atoms with Crippen LogP contribution in [0.25, 0.3) is 10.1 Å². The SMILES string of the molecule is NC1(Cc2csc3ccccc23)CCCCC1. The van der Waals surface area contributed by atoms with E-state index in [0.29, 0.717) is 0 Å². The van der Waals surface area contributed by atoms with Crippen LogP contribution in [-0.4, -0.2) is 5.54 Å². The highest BCUT2D eigenvalue weighted by Crippen LogP contribution is 2.33. The van der Waals surface area contributed by atoms with E-state index in [9.17, 15) is 0 Å². The highest BCUT2D eigenvalue weighted by atomic mass is 32.1. The molecule has 0 bridgehead atoms. The lowest BCUT2D eigenvalue weighted by Crippen LogP contribution is -2.43. The second-order valence-corrected chi connectivity index (χ2v) is 6.27. The van der Waals surface area contributed by atoms with Crippen molar-refractivity contribution in [2.45, 2.75) is 44.1 Å². The molecule has 2 aromatic rings. The van der Waals surface area contributed by atoms with Crippen LogP contribution >= 0.6 is 11.3 Å². The molecule has 0 amide bonds. The third kappa shape index (κ3) is 2.24. The van der Waals surface area contributed by atoms with Gasteiger partial charge in [0.1, 0.15) is 0 Å². The molecule has 1 aromatic heterocycles. The molecule has 17 heavy (non-hydrogen) atoms. The summed E-state index contributed by atoms with van der Waals surface area (Å²) in [5, 5.41) is 3.71. The fourth-order valence-electron chi connectivity index (χ4n) is 2.98. The summed E-state index contributed by atoms with van der Waals surface area (Å²) in [6, 6.07) is 8.67. The Hall–Kier alpha value is -0.860. The van der Waals surface area contributed by atoms with Crippen LogP contribution in [0.4, 0.5) is 0 Å². The Morgan fingerprint density at radius 2 is 1.88 bits per heavy atom. The van der Waals surface area contributed by atoms with Crippen molar-refractivity contribution in [1.82, 2.24) is 0 Å². The summed E-state index contributed by atoms with van der Waals surface area (Å²) in [4.78, 5) is 0. The second-order valence-electron chi connectivity index (χ2n) is 5.36. The van der Waals surface area contributed by atoms with Crippen LogP contribution in [0.5, 0.6) is 0 Å². The first-order chi connectivity index (χ1) is 8.27. The van der Waals surface area contributed by atoms with Gasteiger partial charge in [0.25, 0.3) is 0 Å². The van der Waals surface area contributed by atoms with Gasteiger partial charge in [-0.2, -0.15) is 0 Å². The number of thiophene rings is 1. The fourth-order valence-corrected chi connectivity index (χ4v) is 3.94. The van der Waals surface area contributed by atoms with Crippen LogP contribution in [-0.2, 0) is 6.42 Å². The molecule has 1 aliphatic carbocycles. The second kappa shape index (κ2) is 4.43. The molecule has 1 heterocycles. The van der Waals surface area contributed by atoms with Gasteiger partial charge in [-0.25, -0.2) is 0 Å². The maximum Gasteiger partial charge on any atom is 0.0345 e. The van der Waals surface area contributed by atoms with Crippen molar-refractivity contribution < 1.29 is 0 Å². The molecule has 0 atom stereocenters. The Morgan fingerprint density at radius 1 is 1.12 bits per heavy atom. The van der Waals surface area contributed by atoms with E-state index >= 15 is 0 Å². The number of benzene rings is 1. The molecule has 1 fully saturated rings. The zero-order valence-corrected chi connectivity index (χ0v) is 10.9. The highest BCUT2D eigenvalue weighted by molar-refractivity contribution is 7.17. The van der Waals surface area contributed by atoms with Gasteiger partial charge in [0.2, 0.25) is 0 Å². The van der Waals surface area contributed by atoms with Crippen LogP contribution in [0.1, 0.15) is 37.7 Å². The number of fused-ring (bicyclic) bond motifs is 1. The van der Waals surface area contributed by atoms with Crippen LogP contribution < -0.4 is 5.73 Å². The van der Waals surface area contributed by atoms with E-state index < -0.39 is 0 Å². The molecule has 90 valence electrons. The normalized spacial score (nSPS) is 19.6. The van der Waals surface area contributed by atoms with E-state index in [1.54, 1.807) is 0 Å². The molecule has 2 heteroatoms. The van der Waals surface area contributed by atoms with Crippen molar-refractivity contribution in [1.29, 1.82) is 0 Å². The zero-order valence-electron chi connectivity index (χ0n) is 10.1. The molecular formula is C15H19NS. The molecule has 1 aliphatic rings. The number of hydrogen-bond acceptors (Lipinski definition) is 2. The van der Waals surface area contributed by atoms with Crippen molar-refractivity contribution in [2.75, 3.05) is 0 Å². The predicted molar refractivity (Wildman–Crippen MR) is 75.5 cm³/mol. The van der Waals surface area contributed by atoms with Crippen molar-refractivity contribution in [3.05, 3.63) is 35.2 Å². The maximum absolute atomic E-state index is 6.55. The molecule has 1 aromatic carbocycles. The average molecular weight is 245 g/mol. The molecule has 2 N–H and O–H groups in total. The van der Waals surface area contributed by atoms with E-state index in [4.69, 9.17) is 5.73 Å². The number of hydrogen-bond donors (Lipinski definition) is 1. The molecule has 0 saturated heterocycles. The minimum Gasteiger partial charge on any atom is -0.325 e. The first-order valence-corrected chi connectivity index (χ1v) is 7.39. The largest absolute Gasteiger partial charge is 0.325 e. The summed E-state index contributed by atoms with van der Waals surface area (Å²) in [7, 11) is 0. The zero-order chi connectivity index (χ0) is 11.7. The average Bonchev–Trinajstić information content (AvgIpc) is 2.73. The minimum atomic E-state index is 0.0576. The Balaban J connectivity index is 1.89. The molecule has 3 rings (SSSR count). The first-order valence-electron chi connectivity index (χ1n) is 6.51. The van der Waals surface area contributed by atoms with Crippen LogP contribution in [0.15, 0.2) is 29.6 Å². The monoisotopic (exact) mass is 245 g/mol. The van der Waals surface area contributed by atoms with Gasteiger partial charge in [0, 0.05) is 10.2 Å². The smallest absolute Gasteiger partial charge is 0.0345 e. The van der Waals surface area contributed by atoms with Crippen LogP contribution in [0.3, 0.4) is 0 Å². The van der Waals surface area contributed by atoms with E-state index in [1.165, 1.54) is 47.8 Å². The molecule has 0 spiro atoms. The topological polar surface area (TPSA) is 26.0 Å². The molecule has 1 nitrogen and oxygen atoms in total. The van der Waals surface area contributed by atoms with Crippen molar-refractivity contribution in [2.24, 2.45) is 5.73 Å². The molecule has 0 unspecified atom stereocenters. The third-order valence-corrected chi connectivity index (χ3v) is 4.97. The van der Waals surface area contributed by atoms with Crippen LogP contribution in [0, 0.1) is 0 Å². The quantitative estimate of drug-likeness (QED) is 0.846. The van der Waals surface area contributed by atoms with Gasteiger partial charge in [0.15, 0.2) is 0 Å². The number of rotatable bonds is 2. The number of nitrogens with two attached hydrogens (primary N) is 1. The van der Waals surface area contributed by atoms with Crippen molar-refractivity contribution in [3.63, 3.8) is 0 Å². The van der Waals surface area contributed by atoms with Gasteiger partial charge in [0.05, 0.1) is 0 Å². The summed E-state index contributed by atoms with van der Waals surface area (Å²) < 4.78 is 1.39. The molecule has 0 radical (unpaired) electrons. The first kappa shape index (κ1) is 11.2. The Kier molecular flexibility index (Phi) is 2.93. The van der Waals surface area contributed by atoms with Gasteiger partial charge < -0.3 is 5.73 Å². The lowest BCUT2D eigenvalue weighted by atomic mass is 9.78. The molecule has 0 aliphatic heterocycles. The van der Waals surface area contributed by atoms with E-state index in [2.05, 4.69) is 29.6 Å². The Bertz CT molecular complexity index is 508. The predicted octanol–water partition coefficient (Wildman–Crippen LogP) is 4.11. The summed E-state index contributed by atoms with van der Waals surface area (Å²) in [5.74, 6) is 0. The van der Waals surface area contributed by atoms with Crippen molar-refractivity contribution >= 4 is 21.4 Å². The van der Waals surface area contributed by atoms with Gasteiger partial charge >= 0.3 is 0 Å². The minimum absolute atomic E-state index is 0.0576. The summed E-state index contributed by atoms with van der Waals surface area (Å²) in [6.45, 7) is 0. The Morgan fingerprint density at radius 3 is 2.71 bits per heavy atom. The van der Waals surface area contributed by atoms with E-state index in [-0.39, 0.29) is 5.54 Å². The summed E-state index contributed by atoms with van der Waals surface area (Å²) >= 11 is 1.85. The van der Waals surface area contributed by atoms with E-state index in [1.807, 2.05) is 11.3 Å². The fraction of sp³-hybridized carbons (Fsp3) is 0.467. The van der Waals surface area contributed by atoms with Gasteiger partial charge in [-0.1, -0.05) is 37.5 Å². The maximum atomic E-state index is 6.55. The lowest BCUT2D eigenvalue weighted by Gasteiger charge is -2.33. The van der Waals surface area contributed by atoms with Crippen LogP contribution in [0.2, 0.25) is 0 Å². The highest BCUT2D eigenvalue weighted by Gasteiger charge is 2.28. The van der Waals surface area contributed by atoms with Gasteiger partial charge in [-0.15, -0.1) is 11.3 Å². The van der Waals surface area contributed by atoms with Gasteiger partial charge in [-0.05, 0) is 41.7 Å². The summed E-state index contributed by atoms with van der Waals surface area (Å²) in [6.07, 6.45) is 7.41. The lowest BCUT2D eigenvalue weighted by molar-refractivity contribution is 0.295. The van der Waals surface area contributed by atoms with Crippen molar-refractivity contribution in [3.8, 4) is 0 Å². The van der Waals surface area contributed by atoms with E-state index in [0.717, 1.165) is 6.42 Å². The molecular weight excluding hydrogens is 226 g/mol. The van der Waals surface area contributed by atoms with Gasteiger partial charge in [-0.3, -0.25) is 0 Å². The Labute approximate surface area is 107 Å². The summed E-state index contributed by atoms with van der Waals surface area (Å²) in [5.41, 5.74) is 8.06. The standard InChI is InChI=1S/C15H19NS/c16-15(8-4-1-5-9-15)10-12-11-17-14-7-3-2-6-13(12)14/h2-3,6-7,11H,1,4-5,8-10,16H2. The third-order valence-electron chi connectivity index (χ3n) is 3.95.